The van der Waals surface area contributed by atoms with Crippen LogP contribution in [-0.2, 0) is 25.4 Å². The minimum atomic E-state index is -4.01. The fraction of sp³-hybridized carbons (Fsp3) is 0.0909. The average molecular weight is 607 g/mol. The van der Waals surface area contributed by atoms with Crippen LogP contribution < -0.4 is 14.5 Å². The fourth-order valence-corrected chi connectivity index (χ4v) is 6.72. The summed E-state index contributed by atoms with van der Waals surface area (Å²) in [6.45, 7) is 0. The Morgan fingerprint density at radius 2 is 1.55 bits per heavy atom. The number of nitro groups is 1. The van der Waals surface area contributed by atoms with Crippen molar-refractivity contribution in [1.82, 2.24) is 0 Å². The molecule has 0 radical (unpaired) electrons. The van der Waals surface area contributed by atoms with Gasteiger partial charge in [0.2, 0.25) is 21.8 Å². The molecule has 0 unspecified atom stereocenters. The van der Waals surface area contributed by atoms with Gasteiger partial charge in [0.15, 0.2) is 0 Å². The molecule has 5 aromatic carbocycles. The van der Waals surface area contributed by atoms with Crippen LogP contribution in [0.15, 0.2) is 109 Å². The van der Waals surface area contributed by atoms with Gasteiger partial charge in [-0.3, -0.25) is 28.9 Å². The Hall–Kier alpha value is -5.55. The molecule has 0 fully saturated rings. The Labute approximate surface area is 253 Å². The minimum absolute atomic E-state index is 0.0920. The van der Waals surface area contributed by atoms with Crippen molar-refractivity contribution in [2.24, 2.45) is 0 Å². The van der Waals surface area contributed by atoms with Crippen molar-refractivity contribution in [3.8, 4) is 11.1 Å². The zero-order valence-corrected chi connectivity index (χ0v) is 24.3. The highest BCUT2D eigenvalue weighted by Gasteiger charge is 2.29. The Morgan fingerprint density at radius 1 is 0.864 bits per heavy atom. The van der Waals surface area contributed by atoms with Gasteiger partial charge < -0.3 is 5.32 Å². The van der Waals surface area contributed by atoms with Crippen molar-refractivity contribution in [1.29, 1.82) is 0 Å². The largest absolute Gasteiger partial charge is 0.323 e. The topological polar surface area (TPSA) is 130 Å². The molecule has 1 aliphatic rings. The number of sulfonamides is 1. The standard InChI is InChI=1S/C33H26N4O6S/c1-35(44(42,43)21-24-9-3-6-12-28(24)37(40)41)29-13-7-5-10-26(29)23-14-17-25(18-15-23)36-30-19-16-22-8-2-4-11-27(22)33(30)34-31(38)20-32(36)39/h2-19H,20-21H2,1H3,(H,34,38). The number of nitro benzene ring substituents is 1. The highest BCUT2D eigenvalue weighted by molar-refractivity contribution is 7.92. The highest BCUT2D eigenvalue weighted by Crippen LogP contribution is 2.41. The monoisotopic (exact) mass is 606 g/mol. The number of nitrogens with zero attached hydrogens (tertiary/aromatic N) is 3. The molecule has 1 aliphatic heterocycles. The maximum atomic E-state index is 13.5. The number of para-hydroxylation sites is 2. The third-order valence-corrected chi connectivity index (χ3v) is 9.30. The molecule has 44 heavy (non-hydrogen) atoms. The number of hydrogen-bond donors (Lipinski definition) is 1. The van der Waals surface area contributed by atoms with Gasteiger partial charge in [-0.05, 0) is 35.2 Å². The van der Waals surface area contributed by atoms with E-state index in [4.69, 9.17) is 0 Å². The number of carbonyl (C=O) groups excluding carboxylic acids is 2. The number of anilines is 4. The molecule has 11 heteroatoms. The number of hydrogen-bond acceptors (Lipinski definition) is 6. The third kappa shape index (κ3) is 5.25. The molecule has 5 aromatic rings. The molecule has 1 heterocycles. The van der Waals surface area contributed by atoms with E-state index in [9.17, 15) is 28.1 Å². The molecular formula is C33H26N4O6S. The van der Waals surface area contributed by atoms with E-state index in [1.807, 2.05) is 30.3 Å². The van der Waals surface area contributed by atoms with E-state index in [1.165, 1.54) is 30.1 Å². The summed E-state index contributed by atoms with van der Waals surface area (Å²) < 4.78 is 28.0. The third-order valence-electron chi connectivity index (χ3n) is 7.60. The number of fused-ring (bicyclic) bond motifs is 3. The van der Waals surface area contributed by atoms with Crippen molar-refractivity contribution in [2.75, 3.05) is 21.6 Å². The van der Waals surface area contributed by atoms with Gasteiger partial charge in [-0.15, -0.1) is 0 Å². The summed E-state index contributed by atoms with van der Waals surface area (Å²) >= 11 is 0. The minimum Gasteiger partial charge on any atom is -0.323 e. The molecule has 0 bridgehead atoms. The number of nitrogens with one attached hydrogen (secondary N) is 1. The van der Waals surface area contributed by atoms with Crippen LogP contribution in [0.1, 0.15) is 12.0 Å². The van der Waals surface area contributed by atoms with Crippen LogP contribution in [0.4, 0.5) is 28.4 Å². The number of rotatable bonds is 7. The second-order valence-electron chi connectivity index (χ2n) is 10.3. The van der Waals surface area contributed by atoms with E-state index >= 15 is 0 Å². The van der Waals surface area contributed by atoms with E-state index in [-0.39, 0.29) is 23.6 Å². The van der Waals surface area contributed by atoms with Gasteiger partial charge in [0.1, 0.15) is 12.2 Å². The zero-order valence-electron chi connectivity index (χ0n) is 23.5. The molecule has 0 saturated heterocycles. The molecule has 0 saturated carbocycles. The van der Waals surface area contributed by atoms with Crippen LogP contribution in [0, 0.1) is 10.1 Å². The van der Waals surface area contributed by atoms with Crippen molar-refractivity contribution < 1.29 is 22.9 Å². The molecule has 2 amide bonds. The Morgan fingerprint density at radius 3 is 2.32 bits per heavy atom. The first-order chi connectivity index (χ1) is 21.1. The van der Waals surface area contributed by atoms with Gasteiger partial charge in [0.25, 0.3) is 5.69 Å². The summed E-state index contributed by atoms with van der Waals surface area (Å²) in [7, 11) is -2.59. The van der Waals surface area contributed by atoms with E-state index in [2.05, 4.69) is 5.32 Å². The van der Waals surface area contributed by atoms with Crippen LogP contribution >= 0.6 is 0 Å². The summed E-state index contributed by atoms with van der Waals surface area (Å²) in [6.07, 6.45) is -0.324. The van der Waals surface area contributed by atoms with Gasteiger partial charge in [0, 0.05) is 35.3 Å². The molecule has 0 aromatic heterocycles. The highest BCUT2D eigenvalue weighted by atomic mass is 32.2. The van der Waals surface area contributed by atoms with Crippen molar-refractivity contribution in [2.45, 2.75) is 12.2 Å². The van der Waals surface area contributed by atoms with E-state index in [0.717, 1.165) is 15.1 Å². The van der Waals surface area contributed by atoms with Crippen LogP contribution in [-0.4, -0.2) is 32.2 Å². The van der Waals surface area contributed by atoms with Crippen LogP contribution in [0.3, 0.4) is 0 Å². The molecule has 10 nitrogen and oxygen atoms in total. The van der Waals surface area contributed by atoms with Crippen LogP contribution in [0.5, 0.6) is 0 Å². The SMILES string of the molecule is CN(c1ccccc1-c1ccc(N2C(=O)CC(=O)Nc3c2ccc2ccccc32)cc1)S(=O)(=O)Cc1ccccc1[N+](=O)[O-]. The van der Waals surface area contributed by atoms with Gasteiger partial charge in [-0.2, -0.15) is 0 Å². The van der Waals surface area contributed by atoms with Gasteiger partial charge in [0.05, 0.1) is 22.0 Å². The maximum Gasteiger partial charge on any atom is 0.273 e. The second-order valence-corrected chi connectivity index (χ2v) is 12.3. The van der Waals surface area contributed by atoms with Crippen molar-refractivity contribution in [3.63, 3.8) is 0 Å². The smallest absolute Gasteiger partial charge is 0.273 e. The summed E-state index contributed by atoms with van der Waals surface area (Å²) in [5.74, 6) is -1.33. The number of benzene rings is 5. The molecule has 220 valence electrons. The predicted molar refractivity (Wildman–Crippen MR) is 170 cm³/mol. The van der Waals surface area contributed by atoms with Crippen molar-refractivity contribution >= 4 is 61.0 Å². The first-order valence-corrected chi connectivity index (χ1v) is 15.3. The number of amides is 2. The molecular weight excluding hydrogens is 580 g/mol. The van der Waals surface area contributed by atoms with Gasteiger partial charge >= 0.3 is 0 Å². The normalized spacial score (nSPS) is 13.2. The quantitative estimate of drug-likeness (QED) is 0.130. The first kappa shape index (κ1) is 28.6. The average Bonchev–Trinajstić information content (AvgIpc) is 3.15. The Bertz CT molecular complexity index is 2060. The fourth-order valence-electron chi connectivity index (χ4n) is 5.43. The Balaban J connectivity index is 1.35. The molecule has 0 atom stereocenters. The van der Waals surface area contributed by atoms with E-state index < -0.39 is 26.6 Å². The summed E-state index contributed by atoms with van der Waals surface area (Å²) in [4.78, 5) is 38.3. The second kappa shape index (κ2) is 11.3. The lowest BCUT2D eigenvalue weighted by atomic mass is 10.0. The maximum absolute atomic E-state index is 13.5. The van der Waals surface area contributed by atoms with Gasteiger partial charge in [-0.1, -0.05) is 78.9 Å². The molecule has 0 spiro atoms. The molecule has 0 aliphatic carbocycles. The first-order valence-electron chi connectivity index (χ1n) is 13.7. The lowest BCUT2D eigenvalue weighted by Crippen LogP contribution is -2.28. The van der Waals surface area contributed by atoms with Gasteiger partial charge in [-0.25, -0.2) is 8.42 Å². The number of carbonyl (C=O) groups is 2. The van der Waals surface area contributed by atoms with Crippen LogP contribution in [0.25, 0.3) is 21.9 Å². The summed E-state index contributed by atoms with van der Waals surface area (Å²) in [5, 5.41) is 16.1. The predicted octanol–water partition coefficient (Wildman–Crippen LogP) is 6.39. The molecule has 1 N–H and O–H groups in total. The zero-order chi connectivity index (χ0) is 31.0. The Kier molecular flexibility index (Phi) is 7.32. The molecule has 6 rings (SSSR count). The van der Waals surface area contributed by atoms with E-state index in [0.29, 0.717) is 33.9 Å². The van der Waals surface area contributed by atoms with Crippen LogP contribution in [0.2, 0.25) is 0 Å². The summed E-state index contributed by atoms with van der Waals surface area (Å²) in [6, 6.07) is 31.1. The van der Waals surface area contributed by atoms with Crippen molar-refractivity contribution in [3.05, 3.63) is 125 Å². The summed E-state index contributed by atoms with van der Waals surface area (Å²) in [5.41, 5.74) is 3.16. The lowest BCUT2D eigenvalue weighted by Gasteiger charge is -2.24. The van der Waals surface area contributed by atoms with E-state index in [1.54, 1.807) is 60.7 Å². The lowest BCUT2D eigenvalue weighted by molar-refractivity contribution is -0.385.